The zero-order valence-electron chi connectivity index (χ0n) is 39.2. The highest BCUT2D eigenvalue weighted by molar-refractivity contribution is 6.06. The Morgan fingerprint density at radius 2 is 0.528 bits per heavy atom. The van der Waals surface area contributed by atoms with Crippen molar-refractivity contribution in [2.24, 2.45) is 0 Å². The highest BCUT2D eigenvalue weighted by Gasteiger charge is 2.59. The summed E-state index contributed by atoms with van der Waals surface area (Å²) in [6.07, 6.45) is 0. The summed E-state index contributed by atoms with van der Waals surface area (Å²) in [4.78, 5) is 15.1. The van der Waals surface area contributed by atoms with Crippen LogP contribution in [0.15, 0.2) is 261 Å². The van der Waals surface area contributed by atoms with Gasteiger partial charge < -0.3 is 0 Å². The number of hydrogen-bond donors (Lipinski definition) is 0. The average molecular weight is 914 g/mol. The van der Waals surface area contributed by atoms with E-state index in [0.29, 0.717) is 17.5 Å². The molecule has 0 saturated heterocycles. The van der Waals surface area contributed by atoms with Crippen LogP contribution in [0.1, 0.15) is 44.5 Å². The first-order chi connectivity index (χ1) is 35.7. The number of fused-ring (bicyclic) bond motifs is 17. The van der Waals surface area contributed by atoms with Gasteiger partial charge in [0.2, 0.25) is 0 Å². The van der Waals surface area contributed by atoms with Gasteiger partial charge in [-0.05, 0) is 112 Å². The fourth-order valence-corrected chi connectivity index (χ4v) is 13.0. The second-order valence-corrected chi connectivity index (χ2v) is 19.3. The Kier molecular flexibility index (Phi) is 8.79. The van der Waals surface area contributed by atoms with E-state index in [0.717, 1.165) is 27.8 Å². The maximum absolute atomic E-state index is 5.09. The van der Waals surface area contributed by atoms with Crippen LogP contribution in [0.25, 0.3) is 89.4 Å². The van der Waals surface area contributed by atoms with Crippen molar-refractivity contribution in [3.05, 3.63) is 305 Å². The summed E-state index contributed by atoms with van der Waals surface area (Å²) in [7, 11) is 0. The van der Waals surface area contributed by atoms with Crippen LogP contribution in [-0.4, -0.2) is 15.0 Å². The van der Waals surface area contributed by atoms with E-state index >= 15 is 0 Å². The van der Waals surface area contributed by atoms with Crippen LogP contribution in [-0.2, 0) is 10.8 Å². The van der Waals surface area contributed by atoms with Crippen molar-refractivity contribution in [3.63, 3.8) is 0 Å². The van der Waals surface area contributed by atoms with Crippen LogP contribution in [0.2, 0.25) is 0 Å². The second kappa shape index (κ2) is 15.6. The van der Waals surface area contributed by atoms with Crippen molar-refractivity contribution >= 4 is 10.8 Å². The number of hydrogen-bond acceptors (Lipinski definition) is 3. The summed E-state index contributed by atoms with van der Waals surface area (Å²) >= 11 is 0. The highest BCUT2D eigenvalue weighted by atomic mass is 15.0. The van der Waals surface area contributed by atoms with Crippen LogP contribution >= 0.6 is 0 Å². The quantitative estimate of drug-likeness (QED) is 0.173. The van der Waals surface area contributed by atoms with Gasteiger partial charge in [-0.1, -0.05) is 249 Å². The molecule has 3 nitrogen and oxygen atoms in total. The predicted octanol–water partition coefficient (Wildman–Crippen LogP) is 16.4. The van der Waals surface area contributed by atoms with Gasteiger partial charge in [0.05, 0.1) is 10.8 Å². The molecular weight excluding hydrogens is 871 g/mol. The van der Waals surface area contributed by atoms with Gasteiger partial charge in [-0.15, -0.1) is 0 Å². The van der Waals surface area contributed by atoms with E-state index in [4.69, 9.17) is 15.0 Å². The minimum absolute atomic E-state index is 0.533. The molecule has 0 N–H and O–H groups in total. The molecule has 72 heavy (non-hydrogen) atoms. The van der Waals surface area contributed by atoms with Crippen molar-refractivity contribution in [1.82, 2.24) is 15.0 Å². The lowest BCUT2D eigenvalue weighted by Gasteiger charge is -2.49. The van der Waals surface area contributed by atoms with E-state index in [9.17, 15) is 0 Å². The first-order valence-electron chi connectivity index (χ1n) is 24.8. The zero-order valence-corrected chi connectivity index (χ0v) is 39.2. The lowest BCUT2D eigenvalue weighted by atomic mass is 9.52. The molecule has 2 spiro atoms. The summed E-state index contributed by atoms with van der Waals surface area (Å²) in [5.41, 5.74) is 22.2. The number of rotatable bonds is 5. The third-order valence-electron chi connectivity index (χ3n) is 15.8. The van der Waals surface area contributed by atoms with Crippen LogP contribution in [0.4, 0.5) is 0 Å². The van der Waals surface area contributed by atoms with Gasteiger partial charge in [0.1, 0.15) is 0 Å². The minimum atomic E-state index is -0.571. The third-order valence-corrected chi connectivity index (χ3v) is 15.8. The summed E-state index contributed by atoms with van der Waals surface area (Å²) in [5.74, 6) is 1.93. The standard InChI is InChI=1S/C69H43N3/c1-3-20-44(21-4-1)65-70-66(45-22-5-2-6-23-45)72-67(71-65)48-25-19-24-46(42-48)49-39-40-50(52-27-8-7-26-51(49)52)47-38-41-63-64(43-47)69(59-34-15-11-30-55(59)56-31-12-16-35-60(56)69)62-37-18-17-36-61(62)68(63)57-32-13-9-28-53(57)54-29-10-14-33-58(54)68/h1-43H. The van der Waals surface area contributed by atoms with E-state index in [-0.39, 0.29) is 0 Å². The lowest BCUT2D eigenvalue weighted by molar-refractivity contribution is 0.633. The maximum atomic E-state index is 5.09. The third kappa shape index (κ3) is 5.59. The van der Waals surface area contributed by atoms with Gasteiger partial charge in [0, 0.05) is 16.7 Å². The Balaban J connectivity index is 0.948. The number of benzene rings is 11. The van der Waals surface area contributed by atoms with Gasteiger partial charge in [-0.2, -0.15) is 0 Å². The smallest absolute Gasteiger partial charge is 0.164 e. The van der Waals surface area contributed by atoms with Crippen LogP contribution in [0.5, 0.6) is 0 Å². The molecule has 12 aromatic rings. The fourth-order valence-electron chi connectivity index (χ4n) is 13.0. The van der Waals surface area contributed by atoms with Crippen molar-refractivity contribution in [3.8, 4) is 78.7 Å². The number of nitrogens with zero attached hydrogens (tertiary/aromatic N) is 3. The first-order valence-corrected chi connectivity index (χ1v) is 24.8. The Labute approximate surface area is 418 Å². The molecule has 3 aliphatic rings. The average Bonchev–Trinajstić information content (AvgIpc) is 3.93. The topological polar surface area (TPSA) is 38.7 Å². The van der Waals surface area contributed by atoms with E-state index in [2.05, 4.69) is 224 Å². The molecule has 1 heterocycles. The van der Waals surface area contributed by atoms with E-state index in [1.807, 2.05) is 36.4 Å². The highest BCUT2D eigenvalue weighted by Crippen LogP contribution is 2.67. The lowest BCUT2D eigenvalue weighted by Crippen LogP contribution is -2.43. The van der Waals surface area contributed by atoms with Gasteiger partial charge in [-0.25, -0.2) is 15.0 Å². The number of aromatic nitrogens is 3. The molecule has 3 heteroatoms. The molecule has 0 saturated carbocycles. The summed E-state index contributed by atoms with van der Waals surface area (Å²) in [6.45, 7) is 0. The van der Waals surface area contributed by atoms with E-state index in [1.54, 1.807) is 0 Å². The predicted molar refractivity (Wildman–Crippen MR) is 293 cm³/mol. The van der Waals surface area contributed by atoms with Crippen molar-refractivity contribution in [2.45, 2.75) is 10.8 Å². The second-order valence-electron chi connectivity index (χ2n) is 19.3. The molecule has 0 aliphatic heterocycles. The van der Waals surface area contributed by atoms with Crippen molar-refractivity contribution in [2.75, 3.05) is 0 Å². The van der Waals surface area contributed by atoms with Crippen LogP contribution in [0.3, 0.4) is 0 Å². The fraction of sp³-hybridized carbons (Fsp3) is 0.0290. The molecule has 11 aromatic carbocycles. The summed E-state index contributed by atoms with van der Waals surface area (Å²) in [5, 5.41) is 2.38. The van der Waals surface area contributed by atoms with E-state index < -0.39 is 10.8 Å². The molecule has 0 atom stereocenters. The zero-order chi connectivity index (χ0) is 47.4. The Hall–Kier alpha value is -9.31. The Morgan fingerprint density at radius 3 is 1.00 bits per heavy atom. The van der Waals surface area contributed by atoms with Gasteiger partial charge in [-0.3, -0.25) is 0 Å². The molecule has 0 unspecified atom stereocenters. The monoisotopic (exact) mass is 913 g/mol. The van der Waals surface area contributed by atoms with Crippen LogP contribution in [0, 0.1) is 0 Å². The van der Waals surface area contributed by atoms with Crippen molar-refractivity contribution in [1.29, 1.82) is 0 Å². The Morgan fingerprint density at radius 1 is 0.194 bits per heavy atom. The SMILES string of the molecule is c1ccc(-c2nc(-c3ccccc3)nc(-c3cccc(-c4ccc(-c5ccc6c(c5)C5(c7ccccc7-c7ccccc75)c5ccccc5C65c6ccccc6-c6ccccc65)c5ccccc45)c3)n2)cc1. The molecule has 0 fully saturated rings. The van der Waals surface area contributed by atoms with Gasteiger partial charge in [0.25, 0.3) is 0 Å². The van der Waals surface area contributed by atoms with Crippen LogP contribution < -0.4 is 0 Å². The maximum Gasteiger partial charge on any atom is 0.164 e. The summed E-state index contributed by atoms with van der Waals surface area (Å²) in [6, 6.07) is 95.9. The Bertz CT molecular complexity index is 4020. The minimum Gasteiger partial charge on any atom is -0.208 e. The molecule has 334 valence electrons. The molecule has 3 aliphatic carbocycles. The van der Waals surface area contributed by atoms with Crippen molar-refractivity contribution < 1.29 is 0 Å². The van der Waals surface area contributed by atoms with Gasteiger partial charge in [0.15, 0.2) is 17.5 Å². The first kappa shape index (κ1) is 40.6. The summed E-state index contributed by atoms with van der Waals surface area (Å²) < 4.78 is 0. The van der Waals surface area contributed by atoms with E-state index in [1.165, 1.54) is 88.7 Å². The molecule has 1 aromatic heterocycles. The molecule has 0 radical (unpaired) electrons. The molecule has 15 rings (SSSR count). The molecule has 0 amide bonds. The normalized spacial score (nSPS) is 13.8. The molecular formula is C69H43N3. The molecule has 0 bridgehead atoms. The largest absolute Gasteiger partial charge is 0.208 e. The van der Waals surface area contributed by atoms with Gasteiger partial charge >= 0.3 is 0 Å².